The topological polar surface area (TPSA) is 18.5 Å². The minimum absolute atomic E-state index is 0.181. The number of hydrogen-bond acceptors (Lipinski definition) is 2. The molecule has 0 aromatic rings. The monoisotopic (exact) mass is 202 g/mol. The van der Waals surface area contributed by atoms with E-state index in [0.717, 1.165) is 19.1 Å². The molecule has 0 rings (SSSR count). The third kappa shape index (κ3) is 4.97. The molecule has 0 aliphatic heterocycles. The molecule has 0 saturated heterocycles. The Morgan fingerprint density at radius 2 is 1.43 bits per heavy atom. The van der Waals surface area contributed by atoms with Gasteiger partial charge in [-0.2, -0.15) is 0 Å². The van der Waals surface area contributed by atoms with Crippen LogP contribution in [0.2, 0.25) is 0 Å². The van der Waals surface area contributed by atoms with Crippen LogP contribution in [0.3, 0.4) is 0 Å². The molecule has 0 heterocycles. The molecule has 0 N–H and O–H groups in total. The first kappa shape index (κ1) is 13.9. The Hall–Kier alpha value is -0.0800. The number of methoxy groups -OCH3 is 2. The second-order valence-electron chi connectivity index (χ2n) is 4.56. The van der Waals surface area contributed by atoms with Crippen molar-refractivity contribution in [2.75, 3.05) is 27.4 Å². The first-order valence-electron chi connectivity index (χ1n) is 5.59. The van der Waals surface area contributed by atoms with Gasteiger partial charge >= 0.3 is 0 Å². The summed E-state index contributed by atoms with van der Waals surface area (Å²) in [5, 5.41) is 0. The molecular formula is C12H26O2. The fourth-order valence-corrected chi connectivity index (χ4v) is 2.13. The lowest BCUT2D eigenvalue weighted by atomic mass is 9.80. The molecule has 0 aliphatic carbocycles. The van der Waals surface area contributed by atoms with Crippen LogP contribution in [0.25, 0.3) is 0 Å². The lowest BCUT2D eigenvalue weighted by Gasteiger charge is -2.31. The van der Waals surface area contributed by atoms with E-state index >= 15 is 0 Å². The number of ether oxygens (including phenoxy) is 2. The molecule has 0 aliphatic rings. The summed E-state index contributed by atoms with van der Waals surface area (Å²) in [5.41, 5.74) is 0.181. The average Bonchev–Trinajstić information content (AvgIpc) is 2.15. The Bertz CT molecular complexity index is 124. The van der Waals surface area contributed by atoms with Crippen molar-refractivity contribution in [3.8, 4) is 0 Å². The summed E-state index contributed by atoms with van der Waals surface area (Å²) >= 11 is 0. The molecule has 0 atom stereocenters. The molecule has 0 unspecified atom stereocenters. The second kappa shape index (κ2) is 7.24. The van der Waals surface area contributed by atoms with E-state index in [1.54, 1.807) is 14.2 Å². The van der Waals surface area contributed by atoms with E-state index in [4.69, 9.17) is 9.47 Å². The maximum atomic E-state index is 5.27. The van der Waals surface area contributed by atoms with Crippen molar-refractivity contribution in [3.63, 3.8) is 0 Å². The summed E-state index contributed by atoms with van der Waals surface area (Å²) in [6, 6.07) is 0. The van der Waals surface area contributed by atoms with Crippen LogP contribution in [0.4, 0.5) is 0 Å². The largest absolute Gasteiger partial charge is 0.384 e. The molecule has 14 heavy (non-hydrogen) atoms. The van der Waals surface area contributed by atoms with E-state index in [1.165, 1.54) is 19.3 Å². The normalized spacial score (nSPS) is 12.4. The zero-order valence-corrected chi connectivity index (χ0v) is 10.4. The van der Waals surface area contributed by atoms with E-state index in [0.29, 0.717) is 0 Å². The molecule has 0 bridgehead atoms. The lowest BCUT2D eigenvalue weighted by molar-refractivity contribution is 0.00566. The minimum atomic E-state index is 0.181. The molecule has 0 amide bonds. The van der Waals surface area contributed by atoms with Gasteiger partial charge in [-0.15, -0.1) is 0 Å². The van der Waals surface area contributed by atoms with Crippen LogP contribution < -0.4 is 0 Å². The molecule has 0 radical (unpaired) electrons. The zero-order chi connectivity index (χ0) is 11.0. The van der Waals surface area contributed by atoms with E-state index < -0.39 is 0 Å². The highest BCUT2D eigenvalue weighted by Crippen LogP contribution is 2.30. The van der Waals surface area contributed by atoms with Crippen LogP contribution in [0.5, 0.6) is 0 Å². The number of hydrogen-bond donors (Lipinski definition) is 0. The standard InChI is InChI=1S/C12H26O2/c1-6-11(7-2)8-12(3,9-13-4)10-14-5/h11H,6-10H2,1-5H3. The van der Waals surface area contributed by atoms with Crippen molar-refractivity contribution in [2.24, 2.45) is 11.3 Å². The van der Waals surface area contributed by atoms with Gasteiger partial charge in [0.1, 0.15) is 0 Å². The third-order valence-corrected chi connectivity index (χ3v) is 2.92. The summed E-state index contributed by atoms with van der Waals surface area (Å²) in [6.07, 6.45) is 3.70. The maximum Gasteiger partial charge on any atom is 0.0538 e. The summed E-state index contributed by atoms with van der Waals surface area (Å²) in [6.45, 7) is 8.34. The Morgan fingerprint density at radius 3 is 1.71 bits per heavy atom. The molecule has 0 spiro atoms. The van der Waals surface area contributed by atoms with Crippen molar-refractivity contribution in [3.05, 3.63) is 0 Å². The summed E-state index contributed by atoms with van der Waals surface area (Å²) in [7, 11) is 3.53. The first-order chi connectivity index (χ1) is 6.61. The quantitative estimate of drug-likeness (QED) is 0.602. The summed E-state index contributed by atoms with van der Waals surface area (Å²) in [4.78, 5) is 0. The molecule has 2 nitrogen and oxygen atoms in total. The third-order valence-electron chi connectivity index (χ3n) is 2.92. The predicted octanol–water partition coefficient (Wildman–Crippen LogP) is 3.11. The fraction of sp³-hybridized carbons (Fsp3) is 1.00. The zero-order valence-electron chi connectivity index (χ0n) is 10.4. The fourth-order valence-electron chi connectivity index (χ4n) is 2.13. The molecule has 0 aromatic carbocycles. The van der Waals surface area contributed by atoms with Gasteiger partial charge in [0, 0.05) is 19.6 Å². The smallest absolute Gasteiger partial charge is 0.0538 e. The van der Waals surface area contributed by atoms with Crippen molar-refractivity contribution in [2.45, 2.75) is 40.0 Å². The van der Waals surface area contributed by atoms with Gasteiger partial charge in [-0.25, -0.2) is 0 Å². The molecule has 86 valence electrons. The SMILES string of the molecule is CCC(CC)CC(C)(COC)COC. The molecule has 2 heteroatoms. The van der Waals surface area contributed by atoms with E-state index in [2.05, 4.69) is 20.8 Å². The Morgan fingerprint density at radius 1 is 1.00 bits per heavy atom. The minimum Gasteiger partial charge on any atom is -0.384 e. The molecule has 0 aromatic heterocycles. The van der Waals surface area contributed by atoms with Gasteiger partial charge in [0.05, 0.1) is 13.2 Å². The Labute approximate surface area is 89.0 Å². The van der Waals surface area contributed by atoms with Crippen LogP contribution in [0.1, 0.15) is 40.0 Å². The van der Waals surface area contributed by atoms with Crippen LogP contribution in [-0.4, -0.2) is 27.4 Å². The molecule has 0 saturated carbocycles. The van der Waals surface area contributed by atoms with Crippen molar-refractivity contribution >= 4 is 0 Å². The Kier molecular flexibility index (Phi) is 7.20. The van der Waals surface area contributed by atoms with Gasteiger partial charge in [-0.3, -0.25) is 0 Å². The van der Waals surface area contributed by atoms with Crippen LogP contribution >= 0.6 is 0 Å². The highest BCUT2D eigenvalue weighted by molar-refractivity contribution is 4.76. The van der Waals surface area contributed by atoms with Crippen LogP contribution in [-0.2, 0) is 9.47 Å². The van der Waals surface area contributed by atoms with Gasteiger partial charge < -0.3 is 9.47 Å². The van der Waals surface area contributed by atoms with Gasteiger partial charge in [0.2, 0.25) is 0 Å². The van der Waals surface area contributed by atoms with Gasteiger partial charge in [0.15, 0.2) is 0 Å². The van der Waals surface area contributed by atoms with Crippen molar-refractivity contribution < 1.29 is 9.47 Å². The molecular weight excluding hydrogens is 176 g/mol. The highest BCUT2D eigenvalue weighted by Gasteiger charge is 2.27. The predicted molar refractivity (Wildman–Crippen MR) is 60.5 cm³/mol. The van der Waals surface area contributed by atoms with E-state index in [-0.39, 0.29) is 5.41 Å². The van der Waals surface area contributed by atoms with E-state index in [9.17, 15) is 0 Å². The number of rotatable bonds is 8. The van der Waals surface area contributed by atoms with Crippen LogP contribution in [0, 0.1) is 11.3 Å². The lowest BCUT2D eigenvalue weighted by Crippen LogP contribution is -2.30. The summed E-state index contributed by atoms with van der Waals surface area (Å²) < 4.78 is 10.5. The maximum absolute atomic E-state index is 5.27. The second-order valence-corrected chi connectivity index (χ2v) is 4.56. The van der Waals surface area contributed by atoms with E-state index in [1.807, 2.05) is 0 Å². The van der Waals surface area contributed by atoms with Crippen molar-refractivity contribution in [1.29, 1.82) is 0 Å². The molecule has 0 fully saturated rings. The first-order valence-corrected chi connectivity index (χ1v) is 5.59. The summed E-state index contributed by atoms with van der Waals surface area (Å²) in [5.74, 6) is 0.797. The highest BCUT2D eigenvalue weighted by atomic mass is 16.5. The van der Waals surface area contributed by atoms with Gasteiger partial charge in [-0.1, -0.05) is 33.6 Å². The van der Waals surface area contributed by atoms with Gasteiger partial charge in [-0.05, 0) is 12.3 Å². The van der Waals surface area contributed by atoms with Gasteiger partial charge in [0.25, 0.3) is 0 Å². The average molecular weight is 202 g/mol. The van der Waals surface area contributed by atoms with Crippen LogP contribution in [0.15, 0.2) is 0 Å². The Balaban J connectivity index is 4.17. The van der Waals surface area contributed by atoms with Crippen molar-refractivity contribution in [1.82, 2.24) is 0 Å².